The molecule has 0 spiro atoms. The summed E-state index contributed by atoms with van der Waals surface area (Å²) < 4.78 is 12.9. The third-order valence-corrected chi connectivity index (χ3v) is 2.77. The Morgan fingerprint density at radius 2 is 2.00 bits per heavy atom. The van der Waals surface area contributed by atoms with E-state index in [1.165, 1.54) is 17.8 Å². The second kappa shape index (κ2) is 3.65. The van der Waals surface area contributed by atoms with E-state index in [2.05, 4.69) is 0 Å². The first-order valence-electron chi connectivity index (χ1n) is 2.84. The fraction of sp³-hybridized carbons (Fsp3) is 0.143. The van der Waals surface area contributed by atoms with Gasteiger partial charge in [0.25, 0.3) is 0 Å². The van der Waals surface area contributed by atoms with Gasteiger partial charge in [-0.05, 0) is 18.4 Å². The molecule has 60 valence electrons. The molecule has 0 amide bonds. The van der Waals surface area contributed by atoms with Crippen molar-refractivity contribution in [2.45, 2.75) is 4.90 Å². The zero-order valence-corrected chi connectivity index (χ0v) is 8.03. The fourth-order valence-corrected chi connectivity index (χ4v) is 1.74. The van der Waals surface area contributed by atoms with Crippen LogP contribution in [0.1, 0.15) is 0 Å². The highest BCUT2D eigenvalue weighted by molar-refractivity contribution is 7.98. The predicted molar refractivity (Wildman–Crippen MR) is 48.2 cm³/mol. The maximum absolute atomic E-state index is 12.9. The van der Waals surface area contributed by atoms with E-state index in [-0.39, 0.29) is 10.0 Å². The van der Waals surface area contributed by atoms with Gasteiger partial charge in [0.15, 0.2) is 5.82 Å². The molecule has 0 N–H and O–H groups in total. The normalized spacial score (nSPS) is 10.2. The Bertz CT molecular complexity index is 275. The summed E-state index contributed by atoms with van der Waals surface area (Å²) in [6.07, 6.45) is 1.83. The van der Waals surface area contributed by atoms with Gasteiger partial charge in [-0.25, -0.2) is 4.39 Å². The highest BCUT2D eigenvalue weighted by atomic mass is 35.5. The average molecular weight is 211 g/mol. The SMILES string of the molecule is CSc1ccc(Cl)c(F)c1Cl. The quantitative estimate of drug-likeness (QED) is 0.502. The molecule has 0 aliphatic carbocycles. The van der Waals surface area contributed by atoms with Crippen molar-refractivity contribution in [1.29, 1.82) is 0 Å². The third-order valence-electron chi connectivity index (χ3n) is 1.22. The number of thioether (sulfide) groups is 1. The second-order valence-corrected chi connectivity index (χ2v) is 3.51. The summed E-state index contributed by atoms with van der Waals surface area (Å²) in [5, 5.41) is 0.165. The van der Waals surface area contributed by atoms with Gasteiger partial charge in [0.1, 0.15) is 0 Å². The highest BCUT2D eigenvalue weighted by Crippen LogP contribution is 2.31. The zero-order valence-electron chi connectivity index (χ0n) is 5.70. The van der Waals surface area contributed by atoms with Gasteiger partial charge >= 0.3 is 0 Å². The van der Waals surface area contributed by atoms with E-state index in [0.29, 0.717) is 4.90 Å². The lowest BCUT2D eigenvalue weighted by atomic mass is 10.3. The smallest absolute Gasteiger partial charge is 0.161 e. The predicted octanol–water partition coefficient (Wildman–Crippen LogP) is 3.85. The molecular weight excluding hydrogens is 206 g/mol. The minimum Gasteiger partial charge on any atom is -0.204 e. The van der Waals surface area contributed by atoms with Crippen LogP contribution in [-0.2, 0) is 0 Å². The molecule has 0 saturated carbocycles. The van der Waals surface area contributed by atoms with Crippen molar-refractivity contribution < 1.29 is 4.39 Å². The molecule has 0 atom stereocenters. The summed E-state index contributed by atoms with van der Waals surface area (Å²) in [6.45, 7) is 0. The molecule has 11 heavy (non-hydrogen) atoms. The molecule has 0 heterocycles. The molecule has 0 aliphatic heterocycles. The largest absolute Gasteiger partial charge is 0.204 e. The summed E-state index contributed by atoms with van der Waals surface area (Å²) in [6, 6.07) is 3.19. The van der Waals surface area contributed by atoms with Crippen LogP contribution in [0.4, 0.5) is 4.39 Å². The van der Waals surface area contributed by atoms with Gasteiger partial charge in [-0.15, -0.1) is 11.8 Å². The molecule has 0 radical (unpaired) electrons. The summed E-state index contributed by atoms with van der Waals surface area (Å²) in [5.41, 5.74) is 0. The summed E-state index contributed by atoms with van der Waals surface area (Å²) in [5.74, 6) is -0.541. The molecule has 0 aliphatic rings. The fourth-order valence-electron chi connectivity index (χ4n) is 0.666. The Morgan fingerprint density at radius 1 is 1.36 bits per heavy atom. The third kappa shape index (κ3) is 1.81. The van der Waals surface area contributed by atoms with E-state index < -0.39 is 5.82 Å². The molecule has 1 aromatic rings. The molecule has 0 unspecified atom stereocenters. The van der Waals surface area contributed by atoms with E-state index in [0.717, 1.165) is 0 Å². The van der Waals surface area contributed by atoms with Crippen molar-refractivity contribution in [3.05, 3.63) is 28.0 Å². The lowest BCUT2D eigenvalue weighted by molar-refractivity contribution is 0.625. The molecular formula is C7H5Cl2FS. The van der Waals surface area contributed by atoms with Gasteiger partial charge in [0, 0.05) is 4.90 Å². The Labute approximate surface area is 78.7 Å². The Kier molecular flexibility index (Phi) is 3.05. The van der Waals surface area contributed by atoms with Gasteiger partial charge in [-0.3, -0.25) is 0 Å². The minimum atomic E-state index is -0.541. The first-order chi connectivity index (χ1) is 5.16. The van der Waals surface area contributed by atoms with E-state index in [1.807, 2.05) is 6.26 Å². The van der Waals surface area contributed by atoms with E-state index in [9.17, 15) is 4.39 Å². The number of hydrogen-bond donors (Lipinski definition) is 0. The lowest BCUT2D eigenvalue weighted by Gasteiger charge is -2.01. The van der Waals surface area contributed by atoms with E-state index in [1.54, 1.807) is 6.07 Å². The molecule has 0 saturated heterocycles. The van der Waals surface area contributed by atoms with E-state index >= 15 is 0 Å². The first kappa shape index (κ1) is 9.17. The molecule has 0 bridgehead atoms. The van der Waals surface area contributed by atoms with Crippen LogP contribution in [0.2, 0.25) is 10.0 Å². The summed E-state index contributed by atoms with van der Waals surface area (Å²) >= 11 is 12.5. The lowest BCUT2D eigenvalue weighted by Crippen LogP contribution is -1.81. The summed E-state index contributed by atoms with van der Waals surface area (Å²) in [4.78, 5) is 0.702. The van der Waals surface area contributed by atoms with Gasteiger partial charge in [-0.1, -0.05) is 23.2 Å². The van der Waals surface area contributed by atoms with Crippen LogP contribution in [0.25, 0.3) is 0 Å². The molecule has 0 fully saturated rings. The molecule has 0 nitrogen and oxygen atoms in total. The van der Waals surface area contributed by atoms with Gasteiger partial charge in [-0.2, -0.15) is 0 Å². The van der Waals surface area contributed by atoms with Crippen LogP contribution >= 0.6 is 35.0 Å². The number of halogens is 3. The van der Waals surface area contributed by atoms with Crippen molar-refractivity contribution >= 4 is 35.0 Å². The maximum Gasteiger partial charge on any atom is 0.161 e. The van der Waals surface area contributed by atoms with Crippen molar-refractivity contribution in [3.8, 4) is 0 Å². The molecule has 1 aromatic carbocycles. The van der Waals surface area contributed by atoms with Crippen LogP contribution in [0.5, 0.6) is 0 Å². The number of benzene rings is 1. The number of rotatable bonds is 1. The molecule has 4 heteroatoms. The Morgan fingerprint density at radius 3 is 2.55 bits per heavy atom. The topological polar surface area (TPSA) is 0 Å². The van der Waals surface area contributed by atoms with Gasteiger partial charge in [0.2, 0.25) is 0 Å². The highest BCUT2D eigenvalue weighted by Gasteiger charge is 2.08. The van der Waals surface area contributed by atoms with Crippen LogP contribution in [0.15, 0.2) is 17.0 Å². The van der Waals surface area contributed by atoms with Gasteiger partial charge in [0.05, 0.1) is 10.0 Å². The monoisotopic (exact) mass is 210 g/mol. The van der Waals surface area contributed by atoms with Crippen LogP contribution in [0.3, 0.4) is 0 Å². The van der Waals surface area contributed by atoms with Crippen molar-refractivity contribution in [1.82, 2.24) is 0 Å². The first-order valence-corrected chi connectivity index (χ1v) is 4.82. The Balaban J connectivity index is 3.25. The average Bonchev–Trinajstić information content (AvgIpc) is 2.01. The molecule has 0 aromatic heterocycles. The minimum absolute atomic E-state index is 0.0628. The van der Waals surface area contributed by atoms with Crippen LogP contribution in [0, 0.1) is 5.82 Å². The van der Waals surface area contributed by atoms with Crippen molar-refractivity contribution in [3.63, 3.8) is 0 Å². The van der Waals surface area contributed by atoms with Gasteiger partial charge < -0.3 is 0 Å². The van der Waals surface area contributed by atoms with Crippen LogP contribution < -0.4 is 0 Å². The molecule has 1 rings (SSSR count). The zero-order chi connectivity index (χ0) is 8.43. The Hall–Kier alpha value is 0.0800. The van der Waals surface area contributed by atoms with E-state index in [4.69, 9.17) is 23.2 Å². The standard InChI is InChI=1S/C7H5Cl2FS/c1-11-5-3-2-4(8)7(10)6(5)9/h2-3H,1H3. The maximum atomic E-state index is 12.9. The van der Waals surface area contributed by atoms with Crippen LogP contribution in [-0.4, -0.2) is 6.26 Å². The van der Waals surface area contributed by atoms with Crippen molar-refractivity contribution in [2.75, 3.05) is 6.26 Å². The summed E-state index contributed by atoms with van der Waals surface area (Å²) in [7, 11) is 0. The number of hydrogen-bond acceptors (Lipinski definition) is 1. The van der Waals surface area contributed by atoms with Crippen molar-refractivity contribution in [2.24, 2.45) is 0 Å². The second-order valence-electron chi connectivity index (χ2n) is 1.88.